The Morgan fingerprint density at radius 2 is 1.63 bits per heavy atom. The molecule has 0 aliphatic rings. The van der Waals surface area contributed by atoms with Crippen LogP contribution in [0.2, 0.25) is 0 Å². The second-order valence-electron chi connectivity index (χ2n) is 8.89. The number of hydrogen-bond donors (Lipinski definition) is 0. The molecule has 3 nitrogen and oxygen atoms in total. The largest absolute Gasteiger partial charge is 0.454 e. The fourth-order valence-electron chi connectivity index (χ4n) is 4.65. The Morgan fingerprint density at radius 1 is 0.829 bits per heavy atom. The van der Waals surface area contributed by atoms with Gasteiger partial charge in [0.15, 0.2) is 5.58 Å². The molecule has 6 rings (SSSR count). The number of hydrogen-bond acceptors (Lipinski definition) is 3. The molecule has 6 aromatic rings. The van der Waals surface area contributed by atoms with Gasteiger partial charge >= 0.3 is 0 Å². The second kappa shape index (κ2) is 8.48. The summed E-state index contributed by atoms with van der Waals surface area (Å²) in [6, 6.07) is 29.1. The van der Waals surface area contributed by atoms with Crippen LogP contribution in [0.4, 0.5) is 4.39 Å². The topological polar surface area (TPSA) is 38.9 Å². The van der Waals surface area contributed by atoms with Crippen molar-refractivity contribution < 1.29 is 8.81 Å². The molecule has 3 aromatic carbocycles. The van der Waals surface area contributed by atoms with Gasteiger partial charge in [0.25, 0.3) is 0 Å². The van der Waals surface area contributed by atoms with Crippen LogP contribution in [0.1, 0.15) is 29.7 Å². The summed E-state index contributed by atoms with van der Waals surface area (Å²) < 4.78 is 19.7. The smallest absolute Gasteiger partial charge is 0.153 e. The summed E-state index contributed by atoms with van der Waals surface area (Å²) in [7, 11) is 0. The molecule has 3 aromatic heterocycles. The van der Waals surface area contributed by atoms with Gasteiger partial charge in [-0.2, -0.15) is 0 Å². The molecule has 0 radical (unpaired) electrons. The lowest BCUT2D eigenvalue weighted by Crippen LogP contribution is -1.99. The number of rotatable bonds is 4. The Bertz CT molecular complexity index is 1670. The molecular formula is C31H23FN2O. The molecule has 4 heteroatoms. The van der Waals surface area contributed by atoms with E-state index in [9.17, 15) is 4.39 Å². The molecule has 0 saturated carbocycles. The van der Waals surface area contributed by atoms with Crippen LogP contribution in [-0.4, -0.2) is 9.97 Å². The van der Waals surface area contributed by atoms with Crippen LogP contribution < -0.4 is 0 Å². The summed E-state index contributed by atoms with van der Waals surface area (Å²) in [6.07, 6.45) is 1.92. The van der Waals surface area contributed by atoms with Gasteiger partial charge in [-0.25, -0.2) is 9.37 Å². The van der Waals surface area contributed by atoms with E-state index in [-0.39, 0.29) is 11.7 Å². The zero-order chi connectivity index (χ0) is 23.9. The van der Waals surface area contributed by atoms with Gasteiger partial charge in [0, 0.05) is 28.8 Å². The molecule has 170 valence electrons. The molecule has 1 atom stereocenters. The molecular weight excluding hydrogens is 435 g/mol. The highest BCUT2D eigenvalue weighted by Gasteiger charge is 2.17. The molecule has 0 aliphatic heterocycles. The SMILES string of the molecule is Cc1cnc(-c2cccc3c2oc2ccc(C(C)c4ccc(F)cc4)nc23)cc1-c1ccccc1. The minimum atomic E-state index is -0.238. The number of aromatic nitrogens is 2. The van der Waals surface area contributed by atoms with Gasteiger partial charge < -0.3 is 4.42 Å². The summed E-state index contributed by atoms with van der Waals surface area (Å²) in [5.74, 6) is -0.210. The summed E-state index contributed by atoms with van der Waals surface area (Å²) in [6.45, 7) is 4.16. The molecule has 0 saturated heterocycles. The third kappa shape index (κ3) is 3.77. The Morgan fingerprint density at radius 3 is 2.43 bits per heavy atom. The fourth-order valence-corrected chi connectivity index (χ4v) is 4.65. The predicted octanol–water partition coefficient (Wildman–Crippen LogP) is 8.31. The third-order valence-electron chi connectivity index (χ3n) is 6.64. The molecule has 0 amide bonds. The number of fused-ring (bicyclic) bond motifs is 3. The second-order valence-corrected chi connectivity index (χ2v) is 8.89. The summed E-state index contributed by atoms with van der Waals surface area (Å²) in [4.78, 5) is 9.70. The average Bonchev–Trinajstić information content (AvgIpc) is 3.28. The van der Waals surface area contributed by atoms with Gasteiger partial charge in [-0.3, -0.25) is 4.98 Å². The molecule has 0 fully saturated rings. The lowest BCUT2D eigenvalue weighted by Gasteiger charge is -2.11. The average molecular weight is 459 g/mol. The van der Waals surface area contributed by atoms with Crippen LogP contribution in [0.3, 0.4) is 0 Å². The maximum absolute atomic E-state index is 13.4. The minimum absolute atomic E-state index is 0.0281. The molecule has 0 spiro atoms. The van der Waals surface area contributed by atoms with Crippen molar-refractivity contribution in [3.63, 3.8) is 0 Å². The number of aryl methyl sites for hydroxylation is 1. The predicted molar refractivity (Wildman–Crippen MR) is 139 cm³/mol. The third-order valence-corrected chi connectivity index (χ3v) is 6.64. The van der Waals surface area contributed by atoms with Crippen molar-refractivity contribution in [2.45, 2.75) is 19.8 Å². The Kier molecular flexibility index (Phi) is 5.14. The van der Waals surface area contributed by atoms with E-state index in [1.54, 1.807) is 0 Å². The van der Waals surface area contributed by atoms with Crippen LogP contribution in [0.15, 0.2) is 102 Å². The molecule has 1 unspecified atom stereocenters. The maximum Gasteiger partial charge on any atom is 0.153 e. The first-order valence-corrected chi connectivity index (χ1v) is 11.7. The highest BCUT2D eigenvalue weighted by atomic mass is 19.1. The first kappa shape index (κ1) is 21.2. The standard InChI is InChI=1S/C31H23FN2O/c1-19-18-33-28(17-26(19)22-7-4-3-5-8-22)24-9-6-10-25-30-29(35-31(24)25)16-15-27(34-30)20(2)21-11-13-23(32)14-12-21/h3-18,20H,1-2H3. The van der Waals surface area contributed by atoms with Crippen LogP contribution in [-0.2, 0) is 0 Å². The van der Waals surface area contributed by atoms with E-state index in [0.717, 1.165) is 61.3 Å². The normalized spacial score (nSPS) is 12.3. The van der Waals surface area contributed by atoms with E-state index in [1.807, 2.05) is 66.9 Å². The molecule has 3 heterocycles. The fraction of sp³-hybridized carbons (Fsp3) is 0.0968. The summed E-state index contributed by atoms with van der Waals surface area (Å²) in [5, 5.41) is 0.953. The lowest BCUT2D eigenvalue weighted by atomic mass is 9.97. The van der Waals surface area contributed by atoms with Gasteiger partial charge in [-0.15, -0.1) is 0 Å². The van der Waals surface area contributed by atoms with E-state index in [4.69, 9.17) is 14.4 Å². The van der Waals surface area contributed by atoms with E-state index in [0.29, 0.717) is 0 Å². The lowest BCUT2D eigenvalue weighted by molar-refractivity contribution is 0.626. The van der Waals surface area contributed by atoms with Gasteiger partial charge in [-0.1, -0.05) is 55.5 Å². The van der Waals surface area contributed by atoms with E-state index >= 15 is 0 Å². The maximum atomic E-state index is 13.4. The molecule has 0 aliphatic carbocycles. The van der Waals surface area contributed by atoms with E-state index < -0.39 is 0 Å². The van der Waals surface area contributed by atoms with Crippen LogP contribution in [0, 0.1) is 12.7 Å². The van der Waals surface area contributed by atoms with E-state index in [2.05, 4.69) is 32.0 Å². The minimum Gasteiger partial charge on any atom is -0.454 e. The zero-order valence-corrected chi connectivity index (χ0v) is 19.5. The Balaban J connectivity index is 1.47. The quantitative estimate of drug-likeness (QED) is 0.267. The highest BCUT2D eigenvalue weighted by Crippen LogP contribution is 2.37. The van der Waals surface area contributed by atoms with Crippen molar-refractivity contribution >= 4 is 22.1 Å². The monoisotopic (exact) mass is 458 g/mol. The summed E-state index contributed by atoms with van der Waals surface area (Å²) >= 11 is 0. The molecule has 35 heavy (non-hydrogen) atoms. The number of benzene rings is 3. The number of halogens is 1. The van der Waals surface area contributed by atoms with Gasteiger partial charge in [-0.05, 0) is 71.6 Å². The number of nitrogens with zero attached hydrogens (tertiary/aromatic N) is 2. The van der Waals surface area contributed by atoms with Crippen molar-refractivity contribution in [2.75, 3.05) is 0 Å². The Labute approximate surface area is 202 Å². The van der Waals surface area contributed by atoms with Crippen LogP contribution in [0.5, 0.6) is 0 Å². The van der Waals surface area contributed by atoms with Crippen molar-refractivity contribution in [3.05, 3.63) is 120 Å². The van der Waals surface area contributed by atoms with Gasteiger partial charge in [0.05, 0.1) is 5.69 Å². The number of para-hydroxylation sites is 1. The van der Waals surface area contributed by atoms with E-state index in [1.165, 1.54) is 12.1 Å². The van der Waals surface area contributed by atoms with Gasteiger partial charge in [0.1, 0.15) is 16.9 Å². The first-order chi connectivity index (χ1) is 17.1. The van der Waals surface area contributed by atoms with Crippen molar-refractivity contribution in [1.29, 1.82) is 0 Å². The van der Waals surface area contributed by atoms with Gasteiger partial charge in [0.2, 0.25) is 0 Å². The number of pyridine rings is 2. The first-order valence-electron chi connectivity index (χ1n) is 11.7. The summed E-state index contributed by atoms with van der Waals surface area (Å²) in [5.41, 5.74) is 9.49. The highest BCUT2D eigenvalue weighted by molar-refractivity contribution is 6.07. The molecule has 0 N–H and O–H groups in total. The Hall–Kier alpha value is -4.31. The van der Waals surface area contributed by atoms with Crippen LogP contribution >= 0.6 is 0 Å². The number of furan rings is 1. The van der Waals surface area contributed by atoms with Crippen LogP contribution in [0.25, 0.3) is 44.5 Å². The molecule has 0 bridgehead atoms. The van der Waals surface area contributed by atoms with Crippen molar-refractivity contribution in [1.82, 2.24) is 9.97 Å². The van der Waals surface area contributed by atoms with Crippen molar-refractivity contribution in [2.24, 2.45) is 0 Å². The van der Waals surface area contributed by atoms with Crippen molar-refractivity contribution in [3.8, 4) is 22.4 Å². The zero-order valence-electron chi connectivity index (χ0n) is 19.5.